The van der Waals surface area contributed by atoms with E-state index in [2.05, 4.69) is 20.4 Å². The van der Waals surface area contributed by atoms with Gasteiger partial charge in [-0.05, 0) is 18.6 Å². The van der Waals surface area contributed by atoms with Gasteiger partial charge < -0.3 is 11.1 Å². The lowest BCUT2D eigenvalue weighted by Crippen LogP contribution is -2.28. The van der Waals surface area contributed by atoms with E-state index in [0.29, 0.717) is 23.6 Å². The van der Waals surface area contributed by atoms with E-state index in [1.807, 2.05) is 44.3 Å². The lowest BCUT2D eigenvalue weighted by Gasteiger charge is -2.13. The van der Waals surface area contributed by atoms with Gasteiger partial charge in [0, 0.05) is 19.7 Å². The summed E-state index contributed by atoms with van der Waals surface area (Å²) in [6.07, 6.45) is 3.79. The highest BCUT2D eigenvalue weighted by Gasteiger charge is 2.19. The molecule has 128 valence electrons. The van der Waals surface area contributed by atoms with Gasteiger partial charge in [0.15, 0.2) is 5.82 Å². The second kappa shape index (κ2) is 7.12. The number of nitrogens with two attached hydrogens (primary N) is 1. The van der Waals surface area contributed by atoms with Gasteiger partial charge >= 0.3 is 0 Å². The van der Waals surface area contributed by atoms with Crippen LogP contribution < -0.4 is 11.1 Å². The van der Waals surface area contributed by atoms with Crippen LogP contribution in [0.2, 0.25) is 0 Å². The zero-order chi connectivity index (χ0) is 17.8. The van der Waals surface area contributed by atoms with Crippen LogP contribution in [0.15, 0.2) is 48.8 Å². The predicted octanol–water partition coefficient (Wildman–Crippen LogP) is 1.87. The van der Waals surface area contributed by atoms with Crippen LogP contribution in [-0.4, -0.2) is 25.7 Å². The molecule has 0 spiro atoms. The van der Waals surface area contributed by atoms with Gasteiger partial charge in [-0.15, -0.1) is 0 Å². The maximum atomic E-state index is 12.7. The summed E-state index contributed by atoms with van der Waals surface area (Å²) in [6.45, 7) is 1.82. The molecule has 3 N–H and O–H groups in total. The van der Waals surface area contributed by atoms with Crippen LogP contribution in [0.4, 0.5) is 5.82 Å². The molecule has 0 aliphatic heterocycles. The van der Waals surface area contributed by atoms with Gasteiger partial charge in [0.2, 0.25) is 0 Å². The number of anilines is 1. The average molecular weight is 336 g/mol. The Morgan fingerprint density at radius 2 is 2.04 bits per heavy atom. The van der Waals surface area contributed by atoms with Crippen LogP contribution in [0, 0.1) is 0 Å². The van der Waals surface area contributed by atoms with Crippen molar-refractivity contribution in [3.05, 3.63) is 71.4 Å². The molecule has 0 fully saturated rings. The Kier molecular flexibility index (Phi) is 4.74. The van der Waals surface area contributed by atoms with Crippen LogP contribution in [0.25, 0.3) is 0 Å². The minimum Gasteiger partial charge on any atom is -0.384 e. The highest BCUT2D eigenvalue weighted by Crippen LogP contribution is 2.15. The Labute approximate surface area is 145 Å². The molecule has 1 unspecified atom stereocenters. The van der Waals surface area contributed by atoms with Crippen LogP contribution in [-0.2, 0) is 13.5 Å². The normalized spacial score (nSPS) is 11.9. The molecule has 1 atom stereocenters. The van der Waals surface area contributed by atoms with Crippen molar-refractivity contribution in [2.24, 2.45) is 7.05 Å². The third kappa shape index (κ3) is 3.82. The van der Waals surface area contributed by atoms with E-state index in [1.54, 1.807) is 23.1 Å². The van der Waals surface area contributed by atoms with E-state index in [1.165, 1.54) is 0 Å². The summed E-state index contributed by atoms with van der Waals surface area (Å²) >= 11 is 0. The number of aromatic nitrogens is 4. The quantitative estimate of drug-likeness (QED) is 0.741. The minimum atomic E-state index is -0.360. The fourth-order valence-corrected chi connectivity index (χ4v) is 2.59. The van der Waals surface area contributed by atoms with Crippen molar-refractivity contribution in [2.75, 3.05) is 5.73 Å². The van der Waals surface area contributed by atoms with Gasteiger partial charge in [-0.25, -0.2) is 9.97 Å². The molecule has 0 saturated heterocycles. The lowest BCUT2D eigenvalue weighted by molar-refractivity contribution is 0.0937. The number of nitrogens with one attached hydrogen (secondary N) is 1. The third-order valence-corrected chi connectivity index (χ3v) is 3.95. The molecular weight excluding hydrogens is 316 g/mol. The molecule has 2 aromatic heterocycles. The van der Waals surface area contributed by atoms with Crippen molar-refractivity contribution in [3.63, 3.8) is 0 Å². The Bertz CT molecular complexity index is 874. The number of nitrogens with zero attached hydrogens (tertiary/aromatic N) is 4. The molecule has 3 rings (SSSR count). The standard InChI is InChI=1S/C18H20N6O/c1-12(17-20-9-8-16(19)23-17)22-18(25)14-11-21-24(2)15(14)10-13-6-4-3-5-7-13/h3-9,11-12H,10H2,1-2H3,(H,22,25)(H2,19,20,23). The highest BCUT2D eigenvalue weighted by molar-refractivity contribution is 5.95. The number of amides is 1. The van der Waals surface area contributed by atoms with Crippen LogP contribution in [0.3, 0.4) is 0 Å². The van der Waals surface area contributed by atoms with E-state index < -0.39 is 0 Å². The summed E-state index contributed by atoms with van der Waals surface area (Å²) in [6, 6.07) is 11.2. The molecule has 0 radical (unpaired) electrons. The maximum Gasteiger partial charge on any atom is 0.255 e. The monoisotopic (exact) mass is 336 g/mol. The van der Waals surface area contributed by atoms with Gasteiger partial charge in [0.05, 0.1) is 23.5 Å². The van der Waals surface area contributed by atoms with Gasteiger partial charge in [0.1, 0.15) is 5.82 Å². The van der Waals surface area contributed by atoms with Crippen molar-refractivity contribution >= 4 is 11.7 Å². The fourth-order valence-electron chi connectivity index (χ4n) is 2.59. The maximum absolute atomic E-state index is 12.7. The second-order valence-electron chi connectivity index (χ2n) is 5.83. The van der Waals surface area contributed by atoms with E-state index in [9.17, 15) is 4.79 Å². The van der Waals surface area contributed by atoms with Crippen molar-refractivity contribution < 1.29 is 4.79 Å². The number of carbonyl (C=O) groups excluding carboxylic acids is 1. The molecule has 1 amide bonds. The molecule has 25 heavy (non-hydrogen) atoms. The first-order valence-electron chi connectivity index (χ1n) is 7.98. The number of hydrogen-bond acceptors (Lipinski definition) is 5. The molecule has 1 aromatic carbocycles. The van der Waals surface area contributed by atoms with Gasteiger partial charge in [-0.2, -0.15) is 5.10 Å². The summed E-state index contributed by atoms with van der Waals surface area (Å²) in [4.78, 5) is 21.0. The smallest absolute Gasteiger partial charge is 0.255 e. The molecule has 7 heteroatoms. The first kappa shape index (κ1) is 16.6. The van der Waals surface area contributed by atoms with Gasteiger partial charge in [-0.3, -0.25) is 9.48 Å². The SMILES string of the molecule is CC(NC(=O)c1cnn(C)c1Cc1ccccc1)c1nccc(N)n1. The summed E-state index contributed by atoms with van der Waals surface area (Å²) < 4.78 is 1.73. The van der Waals surface area contributed by atoms with E-state index >= 15 is 0 Å². The number of nitrogen functional groups attached to an aromatic ring is 1. The van der Waals surface area contributed by atoms with Crippen molar-refractivity contribution in [1.29, 1.82) is 0 Å². The molecular formula is C18H20N6O. The number of aryl methyl sites for hydroxylation is 1. The first-order chi connectivity index (χ1) is 12.0. The number of benzene rings is 1. The number of carbonyl (C=O) groups is 1. The summed E-state index contributed by atoms with van der Waals surface area (Å²) in [5.41, 5.74) is 8.19. The number of rotatable bonds is 5. The molecule has 3 aromatic rings. The zero-order valence-corrected chi connectivity index (χ0v) is 14.2. The molecule has 0 bridgehead atoms. The third-order valence-electron chi connectivity index (χ3n) is 3.95. The van der Waals surface area contributed by atoms with Crippen LogP contribution in [0.5, 0.6) is 0 Å². The number of hydrogen-bond donors (Lipinski definition) is 2. The van der Waals surface area contributed by atoms with E-state index in [-0.39, 0.29) is 11.9 Å². The summed E-state index contributed by atoms with van der Waals surface area (Å²) in [7, 11) is 1.83. The van der Waals surface area contributed by atoms with Crippen LogP contribution in [0.1, 0.15) is 40.4 Å². The fraction of sp³-hybridized carbons (Fsp3) is 0.222. The van der Waals surface area contributed by atoms with Crippen LogP contribution >= 0.6 is 0 Å². The molecule has 7 nitrogen and oxygen atoms in total. The molecule has 0 aliphatic carbocycles. The molecule has 0 saturated carbocycles. The highest BCUT2D eigenvalue weighted by atomic mass is 16.1. The Morgan fingerprint density at radius 3 is 2.76 bits per heavy atom. The van der Waals surface area contributed by atoms with Crippen molar-refractivity contribution in [3.8, 4) is 0 Å². The Morgan fingerprint density at radius 1 is 1.28 bits per heavy atom. The largest absolute Gasteiger partial charge is 0.384 e. The Hall–Kier alpha value is -3.22. The average Bonchev–Trinajstić information content (AvgIpc) is 2.96. The summed E-state index contributed by atoms with van der Waals surface area (Å²) in [5.74, 6) is 0.636. The van der Waals surface area contributed by atoms with Crippen molar-refractivity contribution in [2.45, 2.75) is 19.4 Å². The Balaban J connectivity index is 1.78. The van der Waals surface area contributed by atoms with E-state index in [4.69, 9.17) is 5.73 Å². The molecule has 0 aliphatic rings. The zero-order valence-electron chi connectivity index (χ0n) is 14.2. The molecule has 2 heterocycles. The van der Waals surface area contributed by atoms with E-state index in [0.717, 1.165) is 11.3 Å². The minimum absolute atomic E-state index is 0.211. The first-order valence-corrected chi connectivity index (χ1v) is 7.98. The lowest BCUT2D eigenvalue weighted by atomic mass is 10.1. The second-order valence-corrected chi connectivity index (χ2v) is 5.83. The van der Waals surface area contributed by atoms with Gasteiger partial charge in [0.25, 0.3) is 5.91 Å². The summed E-state index contributed by atoms with van der Waals surface area (Å²) in [5, 5.41) is 7.14. The van der Waals surface area contributed by atoms with Crippen molar-refractivity contribution in [1.82, 2.24) is 25.1 Å². The predicted molar refractivity (Wildman–Crippen MR) is 94.8 cm³/mol. The topological polar surface area (TPSA) is 98.7 Å². The van der Waals surface area contributed by atoms with Gasteiger partial charge in [-0.1, -0.05) is 30.3 Å².